The number of carbonyl (C=O) groups is 1. The van der Waals surface area contributed by atoms with Gasteiger partial charge in [-0.05, 0) is 30.6 Å². The number of hydrogen-bond acceptors (Lipinski definition) is 1. The highest BCUT2D eigenvalue weighted by molar-refractivity contribution is 5.67. The van der Waals surface area contributed by atoms with Crippen LogP contribution in [-0.2, 0) is 4.79 Å². The average molecular weight is 212 g/mol. The third-order valence-electron chi connectivity index (χ3n) is 3.91. The average Bonchev–Trinajstić information content (AvgIpc) is 2.49. The lowest BCUT2D eigenvalue weighted by molar-refractivity contribution is -0.138. The van der Waals surface area contributed by atoms with Gasteiger partial charge in [0, 0.05) is 6.42 Å². The van der Waals surface area contributed by atoms with E-state index in [1.807, 2.05) is 0 Å². The molecule has 1 aliphatic rings. The van der Waals surface area contributed by atoms with Gasteiger partial charge >= 0.3 is 5.97 Å². The van der Waals surface area contributed by atoms with Gasteiger partial charge in [-0.25, -0.2) is 0 Å². The second-order valence-electron chi connectivity index (χ2n) is 5.07. The minimum atomic E-state index is -0.616. The molecule has 1 fully saturated rings. The molecule has 0 radical (unpaired) electrons. The molecule has 2 heteroatoms. The van der Waals surface area contributed by atoms with E-state index in [1.165, 1.54) is 32.1 Å². The molecule has 1 saturated carbocycles. The van der Waals surface area contributed by atoms with Crippen molar-refractivity contribution >= 4 is 5.97 Å². The van der Waals surface area contributed by atoms with Crippen LogP contribution in [0.3, 0.4) is 0 Å². The van der Waals surface area contributed by atoms with Crippen LogP contribution in [0.15, 0.2) is 0 Å². The van der Waals surface area contributed by atoms with E-state index in [-0.39, 0.29) is 0 Å². The third-order valence-corrected chi connectivity index (χ3v) is 3.91. The Hall–Kier alpha value is -0.530. The molecule has 3 atom stereocenters. The van der Waals surface area contributed by atoms with E-state index in [0.717, 1.165) is 12.3 Å². The van der Waals surface area contributed by atoms with E-state index in [2.05, 4.69) is 13.8 Å². The van der Waals surface area contributed by atoms with Crippen LogP contribution in [0, 0.1) is 17.8 Å². The molecule has 0 aromatic carbocycles. The van der Waals surface area contributed by atoms with E-state index < -0.39 is 5.97 Å². The highest BCUT2D eigenvalue weighted by atomic mass is 16.4. The first-order valence-electron chi connectivity index (χ1n) is 6.37. The summed E-state index contributed by atoms with van der Waals surface area (Å²) in [5.74, 6) is 1.25. The lowest BCUT2D eigenvalue weighted by Crippen LogP contribution is -2.16. The molecule has 15 heavy (non-hydrogen) atoms. The summed E-state index contributed by atoms with van der Waals surface area (Å²) in [6, 6.07) is 0. The van der Waals surface area contributed by atoms with Crippen molar-refractivity contribution in [3.05, 3.63) is 0 Å². The Labute approximate surface area is 93.1 Å². The van der Waals surface area contributed by atoms with Gasteiger partial charge in [0.05, 0.1) is 0 Å². The molecular weight excluding hydrogens is 188 g/mol. The Kier molecular flexibility index (Phi) is 5.13. The topological polar surface area (TPSA) is 37.3 Å². The predicted molar refractivity (Wildman–Crippen MR) is 61.8 cm³/mol. The minimum absolute atomic E-state index is 0.390. The number of carboxylic acids is 1. The zero-order chi connectivity index (χ0) is 11.3. The predicted octanol–water partition coefficient (Wildman–Crippen LogP) is 3.70. The molecule has 0 bridgehead atoms. The second-order valence-corrected chi connectivity index (χ2v) is 5.07. The zero-order valence-corrected chi connectivity index (χ0v) is 10.0. The number of hydrogen-bond donors (Lipinski definition) is 1. The lowest BCUT2D eigenvalue weighted by atomic mass is 9.84. The summed E-state index contributed by atoms with van der Waals surface area (Å²) in [7, 11) is 0. The monoisotopic (exact) mass is 212 g/mol. The summed E-state index contributed by atoms with van der Waals surface area (Å²) in [5.41, 5.74) is 0. The van der Waals surface area contributed by atoms with Gasteiger partial charge in [-0.15, -0.1) is 0 Å². The molecule has 0 aromatic heterocycles. The summed E-state index contributed by atoms with van der Waals surface area (Å²) >= 11 is 0. The van der Waals surface area contributed by atoms with E-state index in [1.54, 1.807) is 0 Å². The number of carboxylic acid groups (broad SMARTS) is 1. The van der Waals surface area contributed by atoms with E-state index in [4.69, 9.17) is 5.11 Å². The standard InChI is InChI=1S/C13H24O2/c1-3-4-5-6-12-10(2)7-8-11(12)9-13(14)15/h10-12H,3-9H2,1-2H3,(H,14,15)/t10-,11-,12-/m0/s1. The van der Waals surface area contributed by atoms with Gasteiger partial charge in [0.2, 0.25) is 0 Å². The van der Waals surface area contributed by atoms with Gasteiger partial charge in [0.1, 0.15) is 0 Å². The molecule has 0 heterocycles. The third kappa shape index (κ3) is 3.84. The molecular formula is C13H24O2. The first-order valence-corrected chi connectivity index (χ1v) is 6.37. The fraction of sp³-hybridized carbons (Fsp3) is 0.923. The van der Waals surface area contributed by atoms with Gasteiger partial charge in [0.25, 0.3) is 0 Å². The summed E-state index contributed by atoms with van der Waals surface area (Å²) in [6.07, 6.45) is 7.82. The maximum absolute atomic E-state index is 10.7. The van der Waals surface area contributed by atoms with Gasteiger partial charge in [-0.2, -0.15) is 0 Å². The molecule has 0 saturated heterocycles. The van der Waals surface area contributed by atoms with Crippen molar-refractivity contribution in [3.63, 3.8) is 0 Å². The Bertz CT molecular complexity index is 201. The fourth-order valence-corrected chi connectivity index (χ4v) is 3.00. The fourth-order valence-electron chi connectivity index (χ4n) is 3.00. The van der Waals surface area contributed by atoms with Crippen molar-refractivity contribution in [2.24, 2.45) is 17.8 Å². The van der Waals surface area contributed by atoms with E-state index in [9.17, 15) is 4.79 Å². The number of aliphatic carboxylic acids is 1. The number of rotatable bonds is 6. The first-order chi connectivity index (χ1) is 7.15. The Morgan fingerprint density at radius 1 is 1.33 bits per heavy atom. The summed E-state index contributed by atoms with van der Waals surface area (Å²) in [6.45, 7) is 4.51. The van der Waals surface area contributed by atoms with Gasteiger partial charge in [-0.3, -0.25) is 4.79 Å². The van der Waals surface area contributed by atoms with Crippen LogP contribution < -0.4 is 0 Å². The van der Waals surface area contributed by atoms with Gasteiger partial charge < -0.3 is 5.11 Å². The van der Waals surface area contributed by atoms with Crippen LogP contribution >= 0.6 is 0 Å². The second kappa shape index (κ2) is 6.14. The van der Waals surface area contributed by atoms with Gasteiger partial charge in [-0.1, -0.05) is 39.5 Å². The summed E-state index contributed by atoms with van der Waals surface area (Å²) < 4.78 is 0. The van der Waals surface area contributed by atoms with E-state index in [0.29, 0.717) is 18.3 Å². The molecule has 0 spiro atoms. The Balaban J connectivity index is 2.38. The van der Waals surface area contributed by atoms with Crippen LogP contribution in [0.1, 0.15) is 58.8 Å². The maximum atomic E-state index is 10.7. The lowest BCUT2D eigenvalue weighted by Gasteiger charge is -2.21. The van der Waals surface area contributed by atoms with Crippen LogP contribution in [0.2, 0.25) is 0 Å². The van der Waals surface area contributed by atoms with E-state index >= 15 is 0 Å². The molecule has 88 valence electrons. The largest absolute Gasteiger partial charge is 0.481 e. The molecule has 0 aromatic rings. The van der Waals surface area contributed by atoms with Crippen LogP contribution in [-0.4, -0.2) is 11.1 Å². The van der Waals surface area contributed by atoms with Crippen molar-refractivity contribution in [1.82, 2.24) is 0 Å². The Morgan fingerprint density at radius 2 is 2.07 bits per heavy atom. The SMILES string of the molecule is CCCCC[C@@H]1[C@H](CC(=O)O)CC[C@@H]1C. The van der Waals surface area contributed by atoms with Crippen molar-refractivity contribution in [2.75, 3.05) is 0 Å². The van der Waals surface area contributed by atoms with Crippen molar-refractivity contribution in [2.45, 2.75) is 58.8 Å². The van der Waals surface area contributed by atoms with Crippen LogP contribution in [0.4, 0.5) is 0 Å². The van der Waals surface area contributed by atoms with Crippen molar-refractivity contribution in [3.8, 4) is 0 Å². The smallest absolute Gasteiger partial charge is 0.303 e. The molecule has 0 amide bonds. The molecule has 2 nitrogen and oxygen atoms in total. The normalized spacial score (nSPS) is 30.7. The maximum Gasteiger partial charge on any atom is 0.303 e. The van der Waals surface area contributed by atoms with Crippen LogP contribution in [0.25, 0.3) is 0 Å². The van der Waals surface area contributed by atoms with Crippen molar-refractivity contribution in [1.29, 1.82) is 0 Å². The molecule has 1 rings (SSSR count). The van der Waals surface area contributed by atoms with Crippen LogP contribution in [0.5, 0.6) is 0 Å². The highest BCUT2D eigenvalue weighted by Gasteiger charge is 2.33. The number of unbranched alkanes of at least 4 members (excludes halogenated alkanes) is 2. The molecule has 1 N–H and O–H groups in total. The molecule has 1 aliphatic carbocycles. The molecule has 0 aliphatic heterocycles. The summed E-state index contributed by atoms with van der Waals surface area (Å²) in [4.78, 5) is 10.7. The molecule has 0 unspecified atom stereocenters. The zero-order valence-electron chi connectivity index (χ0n) is 10.0. The van der Waals surface area contributed by atoms with Crippen molar-refractivity contribution < 1.29 is 9.90 Å². The Morgan fingerprint density at radius 3 is 2.67 bits per heavy atom. The minimum Gasteiger partial charge on any atom is -0.481 e. The quantitative estimate of drug-likeness (QED) is 0.681. The summed E-state index contributed by atoms with van der Waals surface area (Å²) in [5, 5.41) is 8.85. The highest BCUT2D eigenvalue weighted by Crippen LogP contribution is 2.41. The first kappa shape index (κ1) is 12.5. The van der Waals surface area contributed by atoms with Gasteiger partial charge in [0.15, 0.2) is 0 Å².